The average Bonchev–Trinajstić information content (AvgIpc) is 2.61. The molecule has 1 saturated carbocycles. The highest BCUT2D eigenvalue weighted by atomic mass is 15.2. The summed E-state index contributed by atoms with van der Waals surface area (Å²) in [5.41, 5.74) is 3.48. The third-order valence-electron chi connectivity index (χ3n) is 4.13. The quantitative estimate of drug-likeness (QED) is 0.839. The van der Waals surface area contributed by atoms with E-state index >= 15 is 0 Å². The minimum absolute atomic E-state index is 0.624. The molecule has 2 rings (SSSR count). The minimum atomic E-state index is 0.624. The zero-order valence-electron chi connectivity index (χ0n) is 11.5. The van der Waals surface area contributed by atoms with Gasteiger partial charge in [-0.25, -0.2) is 0 Å². The summed E-state index contributed by atoms with van der Waals surface area (Å²) < 4.78 is 0. The zero-order valence-corrected chi connectivity index (χ0v) is 11.5. The molecule has 1 aliphatic carbocycles. The molecule has 1 aliphatic rings. The first-order valence-corrected chi connectivity index (χ1v) is 6.87. The van der Waals surface area contributed by atoms with Gasteiger partial charge in [-0.3, -0.25) is 5.10 Å². The van der Waals surface area contributed by atoms with Gasteiger partial charge in [0.1, 0.15) is 0 Å². The van der Waals surface area contributed by atoms with E-state index in [0.29, 0.717) is 6.04 Å². The van der Waals surface area contributed by atoms with E-state index in [2.05, 4.69) is 43.2 Å². The minimum Gasteiger partial charge on any atom is -0.379 e. The highest BCUT2D eigenvalue weighted by Gasteiger charge is 2.28. The van der Waals surface area contributed by atoms with Gasteiger partial charge in [-0.1, -0.05) is 26.7 Å². The summed E-state index contributed by atoms with van der Waals surface area (Å²) in [6.45, 7) is 8.86. The maximum Gasteiger partial charge on any atom is 0.0825 e. The predicted octanol–water partition coefficient (Wildman–Crippen LogP) is 3.65. The molecule has 2 atom stereocenters. The van der Waals surface area contributed by atoms with Gasteiger partial charge in [0, 0.05) is 6.04 Å². The SMILES string of the molecule is Cc1n[nH]c(C)c1NC1CCCCC1C(C)C. The monoisotopic (exact) mass is 235 g/mol. The van der Waals surface area contributed by atoms with E-state index in [9.17, 15) is 0 Å². The molecule has 2 N–H and O–H groups in total. The highest BCUT2D eigenvalue weighted by molar-refractivity contribution is 5.52. The summed E-state index contributed by atoms with van der Waals surface area (Å²) >= 11 is 0. The average molecular weight is 235 g/mol. The summed E-state index contributed by atoms with van der Waals surface area (Å²) in [6, 6.07) is 0.624. The second-order valence-electron chi connectivity index (χ2n) is 5.75. The summed E-state index contributed by atoms with van der Waals surface area (Å²) in [5.74, 6) is 1.57. The van der Waals surface area contributed by atoms with E-state index in [1.807, 2.05) is 0 Å². The Balaban J connectivity index is 2.11. The molecule has 0 spiro atoms. The van der Waals surface area contributed by atoms with Crippen LogP contribution in [0.25, 0.3) is 0 Å². The molecule has 0 aliphatic heterocycles. The largest absolute Gasteiger partial charge is 0.379 e. The van der Waals surface area contributed by atoms with E-state index in [0.717, 1.165) is 23.2 Å². The molecule has 3 nitrogen and oxygen atoms in total. The van der Waals surface area contributed by atoms with Crippen LogP contribution in [0.2, 0.25) is 0 Å². The lowest BCUT2D eigenvalue weighted by molar-refractivity contribution is 0.253. The molecule has 3 heteroatoms. The molecule has 0 saturated heterocycles. The molecule has 1 aromatic heterocycles. The van der Waals surface area contributed by atoms with E-state index in [1.165, 1.54) is 31.4 Å². The van der Waals surface area contributed by atoms with Crippen molar-refractivity contribution in [1.29, 1.82) is 0 Å². The fourth-order valence-corrected chi connectivity index (χ4v) is 3.09. The first-order chi connectivity index (χ1) is 8.09. The summed E-state index contributed by atoms with van der Waals surface area (Å²) in [7, 11) is 0. The van der Waals surface area contributed by atoms with Crippen LogP contribution in [0.3, 0.4) is 0 Å². The lowest BCUT2D eigenvalue weighted by Crippen LogP contribution is -2.35. The van der Waals surface area contributed by atoms with Crippen LogP contribution < -0.4 is 5.32 Å². The number of rotatable bonds is 3. The van der Waals surface area contributed by atoms with Gasteiger partial charge >= 0.3 is 0 Å². The Bertz CT molecular complexity index is 348. The van der Waals surface area contributed by atoms with Gasteiger partial charge in [0.25, 0.3) is 0 Å². The van der Waals surface area contributed by atoms with Crippen LogP contribution in [0.4, 0.5) is 5.69 Å². The third kappa shape index (κ3) is 2.64. The summed E-state index contributed by atoms with van der Waals surface area (Å²) in [5, 5.41) is 11.1. The third-order valence-corrected chi connectivity index (χ3v) is 4.13. The second-order valence-corrected chi connectivity index (χ2v) is 5.75. The Morgan fingerprint density at radius 3 is 2.53 bits per heavy atom. The van der Waals surface area contributed by atoms with Crippen molar-refractivity contribution in [3.63, 3.8) is 0 Å². The van der Waals surface area contributed by atoms with E-state index in [4.69, 9.17) is 0 Å². The van der Waals surface area contributed by atoms with E-state index in [-0.39, 0.29) is 0 Å². The predicted molar refractivity (Wildman–Crippen MR) is 72.3 cm³/mol. The van der Waals surface area contributed by atoms with Crippen molar-refractivity contribution in [2.75, 3.05) is 5.32 Å². The van der Waals surface area contributed by atoms with Gasteiger partial charge in [0.05, 0.1) is 17.1 Å². The van der Waals surface area contributed by atoms with E-state index in [1.54, 1.807) is 0 Å². The van der Waals surface area contributed by atoms with Crippen molar-refractivity contribution in [3.05, 3.63) is 11.4 Å². The molecule has 1 fully saturated rings. The van der Waals surface area contributed by atoms with Crippen LogP contribution in [0, 0.1) is 25.7 Å². The first kappa shape index (κ1) is 12.5. The maximum absolute atomic E-state index is 4.26. The molecule has 1 aromatic rings. The molecule has 0 radical (unpaired) electrons. The Morgan fingerprint density at radius 2 is 1.94 bits per heavy atom. The topological polar surface area (TPSA) is 40.7 Å². The number of H-pyrrole nitrogens is 1. The molecule has 0 bridgehead atoms. The molecule has 2 unspecified atom stereocenters. The standard InChI is InChI=1S/C14H25N3/c1-9(2)12-7-5-6-8-13(12)15-14-10(3)16-17-11(14)4/h9,12-13,15H,5-8H2,1-4H3,(H,16,17). The van der Waals surface area contributed by atoms with Crippen LogP contribution in [0.15, 0.2) is 0 Å². The molecule has 17 heavy (non-hydrogen) atoms. The van der Waals surface area contributed by atoms with Crippen molar-refractivity contribution >= 4 is 5.69 Å². The van der Waals surface area contributed by atoms with Crippen molar-refractivity contribution in [2.45, 2.75) is 59.4 Å². The Kier molecular flexibility index (Phi) is 3.75. The number of anilines is 1. The van der Waals surface area contributed by atoms with Gasteiger partial charge in [-0.2, -0.15) is 5.10 Å². The normalized spacial score (nSPS) is 25.2. The number of aromatic nitrogens is 2. The molecular weight excluding hydrogens is 210 g/mol. The number of nitrogens with zero attached hydrogens (tertiary/aromatic N) is 1. The highest BCUT2D eigenvalue weighted by Crippen LogP contribution is 2.33. The van der Waals surface area contributed by atoms with Crippen LogP contribution in [0.5, 0.6) is 0 Å². The van der Waals surface area contributed by atoms with Crippen LogP contribution in [-0.4, -0.2) is 16.2 Å². The molecule has 96 valence electrons. The fourth-order valence-electron chi connectivity index (χ4n) is 3.09. The maximum atomic E-state index is 4.26. The van der Waals surface area contributed by atoms with Crippen molar-refractivity contribution < 1.29 is 0 Å². The first-order valence-electron chi connectivity index (χ1n) is 6.87. The lowest BCUT2D eigenvalue weighted by Gasteiger charge is -2.35. The van der Waals surface area contributed by atoms with Crippen LogP contribution in [-0.2, 0) is 0 Å². The molecule has 0 aromatic carbocycles. The molecule has 0 amide bonds. The number of aryl methyl sites for hydroxylation is 2. The Morgan fingerprint density at radius 1 is 1.24 bits per heavy atom. The van der Waals surface area contributed by atoms with Crippen molar-refractivity contribution in [3.8, 4) is 0 Å². The van der Waals surface area contributed by atoms with E-state index < -0.39 is 0 Å². The Hall–Kier alpha value is -0.990. The Labute approximate surface area is 104 Å². The number of hydrogen-bond donors (Lipinski definition) is 2. The van der Waals surface area contributed by atoms with Gasteiger partial charge in [0.15, 0.2) is 0 Å². The number of aromatic amines is 1. The summed E-state index contributed by atoms with van der Waals surface area (Å²) in [6.07, 6.45) is 5.42. The smallest absolute Gasteiger partial charge is 0.0825 e. The number of nitrogens with one attached hydrogen (secondary N) is 2. The zero-order chi connectivity index (χ0) is 12.4. The van der Waals surface area contributed by atoms with Crippen molar-refractivity contribution in [2.24, 2.45) is 11.8 Å². The fraction of sp³-hybridized carbons (Fsp3) is 0.786. The van der Waals surface area contributed by atoms with Crippen LogP contribution >= 0.6 is 0 Å². The molecular formula is C14H25N3. The molecule has 1 heterocycles. The summed E-state index contributed by atoms with van der Waals surface area (Å²) in [4.78, 5) is 0. The number of hydrogen-bond acceptors (Lipinski definition) is 2. The second kappa shape index (κ2) is 5.11. The van der Waals surface area contributed by atoms with Crippen molar-refractivity contribution in [1.82, 2.24) is 10.2 Å². The van der Waals surface area contributed by atoms with Gasteiger partial charge in [0.2, 0.25) is 0 Å². The van der Waals surface area contributed by atoms with Crippen LogP contribution in [0.1, 0.15) is 50.9 Å². The van der Waals surface area contributed by atoms with Gasteiger partial charge < -0.3 is 5.32 Å². The lowest BCUT2D eigenvalue weighted by atomic mass is 9.77. The van der Waals surface area contributed by atoms with Gasteiger partial charge in [-0.15, -0.1) is 0 Å². The van der Waals surface area contributed by atoms with Gasteiger partial charge in [-0.05, 0) is 38.5 Å².